The maximum Gasteiger partial charge on any atom is 0.376 e. The van der Waals surface area contributed by atoms with Crippen molar-refractivity contribution >= 4 is 39.2 Å². The lowest BCUT2D eigenvalue weighted by atomic mass is 10.1. The van der Waals surface area contributed by atoms with Crippen LogP contribution in [0.1, 0.15) is 48.0 Å². The highest BCUT2D eigenvalue weighted by Crippen LogP contribution is 2.47. The number of hydrogen-bond acceptors (Lipinski definition) is 8. The summed E-state index contributed by atoms with van der Waals surface area (Å²) in [6.45, 7) is 15.4. The van der Waals surface area contributed by atoms with Crippen LogP contribution in [0.4, 0.5) is 0 Å². The first kappa shape index (κ1) is 35.6. The van der Waals surface area contributed by atoms with Crippen molar-refractivity contribution in [3.05, 3.63) is 41.1 Å². The number of carbonyl (C=O) groups is 2. The molecule has 10 nitrogen and oxygen atoms in total. The van der Waals surface area contributed by atoms with Gasteiger partial charge >= 0.3 is 7.60 Å². The summed E-state index contributed by atoms with van der Waals surface area (Å²) >= 11 is 6.13. The molecular formula is C28H45ClNO9PSi. The molecule has 1 N–H and O–H groups in total. The Morgan fingerprint density at radius 2 is 1.78 bits per heavy atom. The van der Waals surface area contributed by atoms with E-state index in [-0.39, 0.29) is 46.7 Å². The van der Waals surface area contributed by atoms with Crippen LogP contribution < -0.4 is 4.52 Å². The molecular weight excluding hydrogens is 589 g/mol. The zero-order valence-corrected chi connectivity index (χ0v) is 28.2. The monoisotopic (exact) mass is 633 g/mol. The fourth-order valence-electron chi connectivity index (χ4n) is 3.92. The molecule has 5 atom stereocenters. The molecule has 1 heterocycles. The summed E-state index contributed by atoms with van der Waals surface area (Å²) in [5.41, 5.74) is 0.359. The van der Waals surface area contributed by atoms with Crippen LogP contribution in [0.3, 0.4) is 0 Å². The third kappa shape index (κ3) is 10.00. The van der Waals surface area contributed by atoms with Crippen molar-refractivity contribution < 1.29 is 42.2 Å². The summed E-state index contributed by atoms with van der Waals surface area (Å²) in [5, 5.41) is 0.0480. The molecule has 1 unspecified atom stereocenters. The third-order valence-corrected chi connectivity index (χ3v) is 13.5. The number of allylic oxidation sites excluding steroid dienone is 1. The second-order valence-electron chi connectivity index (χ2n) is 11.7. The Morgan fingerprint density at radius 3 is 2.32 bits per heavy atom. The molecule has 1 saturated heterocycles. The molecule has 1 fully saturated rings. The van der Waals surface area contributed by atoms with E-state index in [4.69, 9.17) is 34.8 Å². The van der Waals surface area contributed by atoms with Gasteiger partial charge in [0.1, 0.15) is 18.0 Å². The molecule has 0 radical (unpaired) electrons. The maximum absolute atomic E-state index is 13.1. The number of para-hydroxylation sites is 1. The number of ketones is 1. The van der Waals surface area contributed by atoms with E-state index in [0.717, 1.165) is 0 Å². The van der Waals surface area contributed by atoms with Gasteiger partial charge in [0, 0.05) is 25.8 Å². The van der Waals surface area contributed by atoms with Crippen LogP contribution in [0.25, 0.3) is 0 Å². The minimum Gasteiger partial charge on any atom is -0.423 e. The summed E-state index contributed by atoms with van der Waals surface area (Å²) < 4.78 is 43.2. The van der Waals surface area contributed by atoms with Gasteiger partial charge in [-0.15, -0.1) is 0 Å². The largest absolute Gasteiger partial charge is 0.423 e. The van der Waals surface area contributed by atoms with E-state index in [1.165, 1.54) is 31.0 Å². The molecule has 13 heteroatoms. The van der Waals surface area contributed by atoms with Gasteiger partial charge in [-0.3, -0.25) is 14.5 Å². The Hall–Kier alpha value is -1.56. The molecule has 1 aliphatic heterocycles. The smallest absolute Gasteiger partial charge is 0.376 e. The van der Waals surface area contributed by atoms with Crippen molar-refractivity contribution in [1.29, 1.82) is 0 Å². The van der Waals surface area contributed by atoms with Gasteiger partial charge in [-0.1, -0.05) is 44.5 Å². The van der Waals surface area contributed by atoms with Crippen LogP contribution in [0.2, 0.25) is 23.2 Å². The first-order valence-corrected chi connectivity index (χ1v) is 18.6. The molecule has 1 aromatic carbocycles. The predicted molar refractivity (Wildman–Crippen MR) is 161 cm³/mol. The highest BCUT2D eigenvalue weighted by Gasteiger charge is 2.53. The van der Waals surface area contributed by atoms with Gasteiger partial charge < -0.3 is 28.1 Å². The minimum absolute atomic E-state index is 0.0688. The molecule has 0 aromatic heterocycles. The number of hydrogen-bond donors (Lipinski definition) is 1. The van der Waals surface area contributed by atoms with Crippen molar-refractivity contribution in [2.75, 3.05) is 26.5 Å². The Morgan fingerprint density at radius 1 is 1.15 bits per heavy atom. The molecule has 1 aromatic rings. The maximum atomic E-state index is 13.1. The fourth-order valence-corrected chi connectivity index (χ4v) is 6.61. The number of methoxy groups -OCH3 is 1. The van der Waals surface area contributed by atoms with Crippen LogP contribution in [0.15, 0.2) is 36.0 Å². The van der Waals surface area contributed by atoms with Gasteiger partial charge in [0.25, 0.3) is 0 Å². The van der Waals surface area contributed by atoms with Crippen LogP contribution >= 0.6 is 19.2 Å². The van der Waals surface area contributed by atoms with Crippen molar-refractivity contribution in [2.24, 2.45) is 0 Å². The van der Waals surface area contributed by atoms with E-state index >= 15 is 0 Å². The molecule has 1 aliphatic rings. The van der Waals surface area contributed by atoms with E-state index in [1.807, 2.05) is 0 Å². The lowest BCUT2D eigenvalue weighted by Gasteiger charge is -2.41. The topological polar surface area (TPSA) is 121 Å². The minimum atomic E-state index is -4.15. The number of ether oxygens (including phenoxy) is 3. The van der Waals surface area contributed by atoms with E-state index in [1.54, 1.807) is 32.2 Å². The summed E-state index contributed by atoms with van der Waals surface area (Å²) in [7, 11) is -5.03. The number of rotatable bonds is 14. The summed E-state index contributed by atoms with van der Waals surface area (Å²) in [5.74, 6) is -0.458. The average Bonchev–Trinajstić information content (AvgIpc) is 3.17. The second kappa shape index (κ2) is 14.7. The number of Topliss-reactive ketones (excluding diaryl/α,β-unsaturated/α-hetero) is 1. The molecule has 0 spiro atoms. The SMILES string of the molecule is COCCO[C@@H]1[C@H](O[Si](C)(C)C(C)(C)C)[C@@H](CCP(=O)(O)Oc2ccccc2Cl)O[C@H]1N(/C=C(/C)C(C)=O)C(C)=O. The van der Waals surface area contributed by atoms with Crippen LogP contribution in [-0.2, 0) is 32.8 Å². The Kier molecular flexibility index (Phi) is 12.8. The molecule has 2 rings (SSSR count). The summed E-state index contributed by atoms with van der Waals surface area (Å²) in [4.78, 5) is 36.9. The highest BCUT2D eigenvalue weighted by molar-refractivity contribution is 7.53. The Balaban J connectivity index is 2.48. The standard InChI is InChI=1S/C28H45ClNO9PSi/c1-19(20(2)31)18-30(21(3)32)27-26(36-16-15-35-7)25(39-41(8,9)28(4,5)6)24(37-27)14-17-40(33,34)38-23-13-11-10-12-22(23)29/h10-13,18,24-27H,14-17H2,1-9H3,(H,33,34)/b19-18-/t24-,25-,26-,27-/m1/s1. The van der Waals surface area contributed by atoms with Crippen LogP contribution in [0.5, 0.6) is 5.75 Å². The lowest BCUT2D eigenvalue weighted by Crippen LogP contribution is -2.52. The number of nitrogens with zero attached hydrogens (tertiary/aromatic N) is 1. The van der Waals surface area contributed by atoms with Crippen molar-refractivity contribution in [3.8, 4) is 5.75 Å². The second-order valence-corrected chi connectivity index (χ2v) is 18.8. The van der Waals surface area contributed by atoms with E-state index in [0.29, 0.717) is 12.2 Å². The van der Waals surface area contributed by atoms with Gasteiger partial charge in [0.2, 0.25) is 5.91 Å². The van der Waals surface area contributed by atoms with Crippen molar-refractivity contribution in [1.82, 2.24) is 4.90 Å². The molecule has 41 heavy (non-hydrogen) atoms. The highest BCUT2D eigenvalue weighted by atomic mass is 35.5. The fraction of sp³-hybridized carbons (Fsp3) is 0.643. The molecule has 0 aliphatic carbocycles. The van der Waals surface area contributed by atoms with Gasteiger partial charge in [-0.2, -0.15) is 0 Å². The average molecular weight is 634 g/mol. The normalized spacial score (nSPS) is 23.2. The van der Waals surface area contributed by atoms with Gasteiger partial charge in [0.05, 0.1) is 30.5 Å². The van der Waals surface area contributed by atoms with E-state index in [2.05, 4.69) is 33.9 Å². The molecule has 0 saturated carbocycles. The zero-order chi connectivity index (χ0) is 31.2. The summed E-state index contributed by atoms with van der Waals surface area (Å²) in [6, 6.07) is 6.44. The number of carbonyl (C=O) groups excluding carboxylic acids is 2. The molecule has 0 bridgehead atoms. The quantitative estimate of drug-likeness (QED) is 0.118. The van der Waals surface area contributed by atoms with E-state index in [9.17, 15) is 19.0 Å². The first-order valence-electron chi connectivity index (χ1n) is 13.6. The number of amides is 1. The van der Waals surface area contributed by atoms with Gasteiger partial charge in [0.15, 0.2) is 20.3 Å². The van der Waals surface area contributed by atoms with E-state index < -0.39 is 40.5 Å². The lowest BCUT2D eigenvalue weighted by molar-refractivity contribution is -0.146. The number of benzene rings is 1. The zero-order valence-electron chi connectivity index (χ0n) is 25.5. The third-order valence-electron chi connectivity index (χ3n) is 7.42. The van der Waals surface area contributed by atoms with Crippen molar-refractivity contribution in [3.63, 3.8) is 0 Å². The predicted octanol–water partition coefficient (Wildman–Crippen LogP) is 5.78. The number of halogens is 1. The van der Waals surface area contributed by atoms with Crippen LogP contribution in [0, 0.1) is 0 Å². The van der Waals surface area contributed by atoms with Gasteiger partial charge in [-0.25, -0.2) is 4.57 Å². The van der Waals surface area contributed by atoms with Crippen LogP contribution in [-0.4, -0.2) is 80.8 Å². The Bertz CT molecular complexity index is 1140. The molecule has 1 amide bonds. The first-order chi connectivity index (χ1) is 18.9. The molecule has 232 valence electrons. The van der Waals surface area contributed by atoms with Gasteiger partial charge in [-0.05, 0) is 50.5 Å². The Labute approximate surface area is 249 Å². The van der Waals surface area contributed by atoms with Crippen molar-refractivity contribution in [2.45, 2.75) is 90.6 Å². The summed E-state index contributed by atoms with van der Waals surface area (Å²) in [6.07, 6.45) is -1.89.